The zero-order chi connectivity index (χ0) is 20.7. The number of amides is 1. The number of nitrogens with zero attached hydrogens (tertiary/aromatic N) is 2. The fourth-order valence-electron chi connectivity index (χ4n) is 3.97. The lowest BCUT2D eigenvalue weighted by atomic mass is 10.1. The summed E-state index contributed by atoms with van der Waals surface area (Å²) in [6.07, 6.45) is 3.58. The van der Waals surface area contributed by atoms with Crippen molar-refractivity contribution >= 4 is 22.0 Å². The van der Waals surface area contributed by atoms with Crippen LogP contribution in [0.15, 0.2) is 34.9 Å². The van der Waals surface area contributed by atoms with Gasteiger partial charge in [0, 0.05) is 10.0 Å². The molecule has 28 heavy (non-hydrogen) atoms. The summed E-state index contributed by atoms with van der Waals surface area (Å²) in [6, 6.07) is 8.04. The average Bonchev–Trinajstić information content (AvgIpc) is 2.99. The highest BCUT2D eigenvalue weighted by Crippen LogP contribution is 2.61. The number of likely N-dealkylation sites (tertiary alicyclic amines) is 1. The third-order valence-electron chi connectivity index (χ3n) is 5.41. The van der Waals surface area contributed by atoms with E-state index in [1.54, 1.807) is 0 Å². The van der Waals surface area contributed by atoms with E-state index < -0.39 is 5.60 Å². The molecule has 1 saturated heterocycles. The van der Waals surface area contributed by atoms with Crippen LogP contribution < -0.4 is 0 Å². The van der Waals surface area contributed by atoms with Gasteiger partial charge in [-0.15, -0.1) is 0 Å². The molecule has 2 heterocycles. The van der Waals surface area contributed by atoms with Gasteiger partial charge in [0.1, 0.15) is 11.4 Å². The lowest BCUT2D eigenvalue weighted by Gasteiger charge is -2.33. The van der Waals surface area contributed by atoms with E-state index in [1.165, 1.54) is 0 Å². The van der Waals surface area contributed by atoms with Crippen molar-refractivity contribution < 1.29 is 9.53 Å². The van der Waals surface area contributed by atoms with E-state index in [-0.39, 0.29) is 17.7 Å². The van der Waals surface area contributed by atoms with Crippen molar-refractivity contribution in [3.63, 3.8) is 0 Å². The molecular weight excluding hydrogens is 418 g/mol. The molecule has 1 amide bonds. The van der Waals surface area contributed by atoms with E-state index in [9.17, 15) is 4.79 Å². The molecule has 152 valence electrons. The van der Waals surface area contributed by atoms with E-state index in [1.807, 2.05) is 70.0 Å². The Labute approximate surface area is 176 Å². The van der Waals surface area contributed by atoms with Gasteiger partial charge in [0.15, 0.2) is 0 Å². The number of ether oxygens (including phenoxy) is 1. The SMILES string of the molecule is CC.CC(C)(C)OC(=O)N1[C@H](c2ncc(-c3ccc(Br)cc3)[nH]2)C[C@H]2C[C@]21C. The van der Waals surface area contributed by atoms with Gasteiger partial charge in [-0.05, 0) is 64.2 Å². The van der Waals surface area contributed by atoms with Gasteiger partial charge in [-0.25, -0.2) is 9.78 Å². The minimum absolute atomic E-state index is 0.0576. The van der Waals surface area contributed by atoms with Crippen molar-refractivity contribution in [3.05, 3.63) is 40.8 Å². The van der Waals surface area contributed by atoms with Crippen molar-refractivity contribution in [2.75, 3.05) is 0 Å². The summed E-state index contributed by atoms with van der Waals surface area (Å²) >= 11 is 3.46. The maximum atomic E-state index is 12.9. The molecule has 2 fully saturated rings. The Balaban J connectivity index is 0.00000109. The molecule has 1 aromatic carbocycles. The van der Waals surface area contributed by atoms with E-state index >= 15 is 0 Å². The maximum Gasteiger partial charge on any atom is 0.411 e. The van der Waals surface area contributed by atoms with Crippen LogP contribution in [0.2, 0.25) is 0 Å². The molecule has 6 heteroatoms. The summed E-state index contributed by atoms with van der Waals surface area (Å²) < 4.78 is 6.72. The highest BCUT2D eigenvalue weighted by molar-refractivity contribution is 9.10. The molecule has 1 N–H and O–H groups in total. The van der Waals surface area contributed by atoms with Crippen LogP contribution in [0, 0.1) is 5.92 Å². The van der Waals surface area contributed by atoms with Crippen molar-refractivity contribution in [3.8, 4) is 11.3 Å². The molecule has 4 rings (SSSR count). The monoisotopic (exact) mass is 447 g/mol. The number of carbonyl (C=O) groups is 1. The normalized spacial score (nSPS) is 25.6. The van der Waals surface area contributed by atoms with Crippen molar-refractivity contribution in [2.24, 2.45) is 5.92 Å². The first-order valence-electron chi connectivity index (χ1n) is 10.0. The number of halogens is 1. The zero-order valence-corrected chi connectivity index (χ0v) is 19.1. The van der Waals surface area contributed by atoms with Crippen molar-refractivity contribution in [2.45, 2.75) is 71.6 Å². The van der Waals surface area contributed by atoms with E-state index in [4.69, 9.17) is 4.74 Å². The first-order valence-corrected chi connectivity index (χ1v) is 10.8. The maximum absolute atomic E-state index is 12.9. The molecule has 0 bridgehead atoms. The third-order valence-corrected chi connectivity index (χ3v) is 5.93. The standard InChI is InChI=1S/C20H24BrN3O2.C2H6/c1-19(2,3)26-18(25)24-16(9-13-10-20(13,24)4)17-22-11-15(23-17)12-5-7-14(21)8-6-12;1-2/h5-8,11,13,16H,9-10H2,1-4H3,(H,22,23);1-2H3/t13-,16-,20+;/m0./s1. The van der Waals surface area contributed by atoms with Crippen LogP contribution >= 0.6 is 15.9 Å². The molecule has 0 radical (unpaired) electrons. The number of piperidine rings is 1. The third kappa shape index (κ3) is 3.97. The van der Waals surface area contributed by atoms with Gasteiger partial charge in [0.05, 0.1) is 17.9 Å². The van der Waals surface area contributed by atoms with E-state index in [0.29, 0.717) is 5.92 Å². The second-order valence-corrected chi connectivity index (χ2v) is 9.46. The molecule has 1 aliphatic heterocycles. The van der Waals surface area contributed by atoms with Gasteiger partial charge in [-0.3, -0.25) is 4.90 Å². The van der Waals surface area contributed by atoms with Crippen LogP contribution in [0.1, 0.15) is 66.3 Å². The Morgan fingerprint density at radius 2 is 1.93 bits per heavy atom. The number of aromatic nitrogens is 2. The fourth-order valence-corrected chi connectivity index (χ4v) is 4.23. The molecule has 0 unspecified atom stereocenters. The Morgan fingerprint density at radius 3 is 2.54 bits per heavy atom. The van der Waals surface area contributed by atoms with Crippen molar-refractivity contribution in [1.82, 2.24) is 14.9 Å². The Hall–Kier alpha value is -1.82. The van der Waals surface area contributed by atoms with Gasteiger partial charge < -0.3 is 9.72 Å². The first-order chi connectivity index (χ1) is 13.2. The highest BCUT2D eigenvalue weighted by Gasteiger charge is 2.65. The van der Waals surface area contributed by atoms with Crippen LogP contribution in [0.5, 0.6) is 0 Å². The molecule has 2 aliphatic rings. The number of carbonyl (C=O) groups excluding carboxylic acids is 1. The van der Waals surface area contributed by atoms with Gasteiger partial charge in [0.2, 0.25) is 0 Å². The number of benzene rings is 1. The number of hydrogen-bond acceptors (Lipinski definition) is 3. The summed E-state index contributed by atoms with van der Waals surface area (Å²) in [4.78, 5) is 22.8. The van der Waals surface area contributed by atoms with Gasteiger partial charge in [-0.1, -0.05) is 41.9 Å². The summed E-state index contributed by atoms with van der Waals surface area (Å²) in [5, 5.41) is 0. The molecule has 1 aliphatic carbocycles. The predicted molar refractivity (Wildman–Crippen MR) is 115 cm³/mol. The predicted octanol–water partition coefficient (Wildman–Crippen LogP) is 6.33. The number of imidazole rings is 1. The Kier molecular flexibility index (Phi) is 5.63. The van der Waals surface area contributed by atoms with Crippen LogP contribution in [-0.4, -0.2) is 32.1 Å². The first kappa shape index (κ1) is 20.9. The molecule has 1 aromatic heterocycles. The summed E-state index contributed by atoms with van der Waals surface area (Å²) in [7, 11) is 0. The van der Waals surface area contributed by atoms with Gasteiger partial charge in [-0.2, -0.15) is 0 Å². The topological polar surface area (TPSA) is 58.2 Å². The number of hydrogen-bond donors (Lipinski definition) is 1. The van der Waals surface area contributed by atoms with E-state index in [0.717, 1.165) is 34.4 Å². The lowest BCUT2D eigenvalue weighted by molar-refractivity contribution is 0.00864. The minimum atomic E-state index is -0.503. The Morgan fingerprint density at radius 1 is 1.29 bits per heavy atom. The van der Waals surface area contributed by atoms with Crippen molar-refractivity contribution in [1.29, 1.82) is 0 Å². The summed E-state index contributed by atoms with van der Waals surface area (Å²) in [5.74, 6) is 1.36. The number of aromatic amines is 1. The molecule has 0 spiro atoms. The molecule has 3 atom stereocenters. The molecule has 1 saturated carbocycles. The number of fused-ring (bicyclic) bond motifs is 1. The molecule has 5 nitrogen and oxygen atoms in total. The van der Waals surface area contributed by atoms with Gasteiger partial charge >= 0.3 is 6.09 Å². The second kappa shape index (κ2) is 7.54. The van der Waals surface area contributed by atoms with Gasteiger partial charge in [0.25, 0.3) is 0 Å². The molecular formula is C22H30BrN3O2. The van der Waals surface area contributed by atoms with Crippen LogP contribution in [0.3, 0.4) is 0 Å². The number of H-pyrrole nitrogens is 1. The number of nitrogens with one attached hydrogen (secondary N) is 1. The highest BCUT2D eigenvalue weighted by atomic mass is 79.9. The second-order valence-electron chi connectivity index (χ2n) is 8.55. The lowest BCUT2D eigenvalue weighted by Crippen LogP contribution is -2.43. The zero-order valence-electron chi connectivity index (χ0n) is 17.5. The van der Waals surface area contributed by atoms with Crippen LogP contribution in [0.25, 0.3) is 11.3 Å². The van der Waals surface area contributed by atoms with Crippen LogP contribution in [0.4, 0.5) is 4.79 Å². The average molecular weight is 448 g/mol. The largest absolute Gasteiger partial charge is 0.444 e. The summed E-state index contributed by atoms with van der Waals surface area (Å²) in [5.41, 5.74) is 1.43. The smallest absolute Gasteiger partial charge is 0.411 e. The quantitative estimate of drug-likeness (QED) is 0.585. The van der Waals surface area contributed by atoms with E-state index in [2.05, 4.69) is 32.8 Å². The summed E-state index contributed by atoms with van der Waals surface area (Å²) in [6.45, 7) is 11.9. The number of rotatable bonds is 2. The molecule has 2 aromatic rings. The van der Waals surface area contributed by atoms with Crippen LogP contribution in [-0.2, 0) is 4.74 Å². The minimum Gasteiger partial charge on any atom is -0.444 e. The Bertz CT molecular complexity index is 840. The fraction of sp³-hybridized carbons (Fsp3) is 0.545.